The molecule has 1 fully saturated rings. The number of methoxy groups -OCH3 is 1. The molecule has 0 aliphatic carbocycles. The predicted molar refractivity (Wildman–Crippen MR) is 57.1 cm³/mol. The standard InChI is InChI=1S/C12H15F2NO/c1-16-12(5-2-6-15-8-12)9-3-4-10(13)11(14)7-9/h3-4,7,15H,2,5-6,8H2,1H3. The van der Waals surface area contributed by atoms with Gasteiger partial charge in [0.2, 0.25) is 0 Å². The van der Waals surface area contributed by atoms with Crippen molar-refractivity contribution in [3.8, 4) is 0 Å². The number of nitrogens with one attached hydrogen (secondary N) is 1. The Morgan fingerprint density at radius 3 is 2.69 bits per heavy atom. The molecule has 1 aliphatic rings. The average Bonchev–Trinajstić information content (AvgIpc) is 2.33. The molecule has 0 spiro atoms. The minimum absolute atomic E-state index is 0.521. The summed E-state index contributed by atoms with van der Waals surface area (Å²) in [5.41, 5.74) is 0.174. The van der Waals surface area contributed by atoms with Crippen molar-refractivity contribution in [3.05, 3.63) is 35.4 Å². The van der Waals surface area contributed by atoms with Crippen LogP contribution in [-0.4, -0.2) is 20.2 Å². The van der Waals surface area contributed by atoms with Gasteiger partial charge in [-0.25, -0.2) is 8.78 Å². The average molecular weight is 227 g/mol. The number of hydrogen-bond acceptors (Lipinski definition) is 2. The largest absolute Gasteiger partial charge is 0.372 e. The van der Waals surface area contributed by atoms with Gasteiger partial charge >= 0.3 is 0 Å². The molecular weight excluding hydrogens is 212 g/mol. The van der Waals surface area contributed by atoms with Gasteiger partial charge in [0, 0.05) is 13.7 Å². The zero-order valence-corrected chi connectivity index (χ0v) is 9.22. The van der Waals surface area contributed by atoms with E-state index in [1.165, 1.54) is 6.07 Å². The van der Waals surface area contributed by atoms with Gasteiger partial charge in [-0.05, 0) is 37.1 Å². The molecule has 1 aromatic rings. The van der Waals surface area contributed by atoms with Crippen molar-refractivity contribution in [3.63, 3.8) is 0 Å². The van der Waals surface area contributed by atoms with Crippen LogP contribution in [-0.2, 0) is 10.3 Å². The first kappa shape index (κ1) is 11.5. The highest BCUT2D eigenvalue weighted by Gasteiger charge is 2.34. The molecule has 1 atom stereocenters. The molecule has 0 bridgehead atoms. The highest BCUT2D eigenvalue weighted by atomic mass is 19.2. The van der Waals surface area contributed by atoms with Gasteiger partial charge in [-0.15, -0.1) is 0 Å². The molecule has 1 saturated heterocycles. The van der Waals surface area contributed by atoms with Gasteiger partial charge in [0.1, 0.15) is 5.60 Å². The lowest BCUT2D eigenvalue weighted by Crippen LogP contribution is -2.44. The second-order valence-electron chi connectivity index (χ2n) is 4.11. The van der Waals surface area contributed by atoms with Crippen molar-refractivity contribution in [1.29, 1.82) is 0 Å². The highest BCUT2D eigenvalue weighted by molar-refractivity contribution is 5.25. The number of benzene rings is 1. The van der Waals surface area contributed by atoms with Crippen LogP contribution < -0.4 is 5.32 Å². The normalized spacial score (nSPS) is 25.7. The summed E-state index contributed by atoms with van der Waals surface area (Å²) in [6.07, 6.45) is 1.79. The maximum absolute atomic E-state index is 13.2. The van der Waals surface area contributed by atoms with E-state index in [0.29, 0.717) is 12.1 Å². The Labute approximate surface area is 93.6 Å². The summed E-state index contributed by atoms with van der Waals surface area (Å²) in [6.45, 7) is 1.57. The monoisotopic (exact) mass is 227 g/mol. The first-order valence-electron chi connectivity index (χ1n) is 5.39. The Bertz CT molecular complexity index is 375. The molecule has 0 amide bonds. The van der Waals surface area contributed by atoms with Gasteiger partial charge in [-0.1, -0.05) is 6.07 Å². The van der Waals surface area contributed by atoms with Crippen LogP contribution in [0.5, 0.6) is 0 Å². The minimum Gasteiger partial charge on any atom is -0.372 e. The van der Waals surface area contributed by atoms with Crippen molar-refractivity contribution in [2.45, 2.75) is 18.4 Å². The van der Waals surface area contributed by atoms with Crippen LogP contribution >= 0.6 is 0 Å². The van der Waals surface area contributed by atoms with E-state index in [1.807, 2.05) is 0 Å². The van der Waals surface area contributed by atoms with Gasteiger partial charge in [0.05, 0.1) is 0 Å². The van der Waals surface area contributed by atoms with E-state index >= 15 is 0 Å². The molecule has 1 heterocycles. The van der Waals surface area contributed by atoms with Crippen LogP contribution in [0.2, 0.25) is 0 Å². The van der Waals surface area contributed by atoms with Crippen molar-refractivity contribution in [1.82, 2.24) is 5.32 Å². The summed E-state index contributed by atoms with van der Waals surface area (Å²) in [6, 6.07) is 3.97. The smallest absolute Gasteiger partial charge is 0.159 e. The van der Waals surface area contributed by atoms with Crippen molar-refractivity contribution in [2.75, 3.05) is 20.2 Å². The molecule has 1 aromatic carbocycles. The fourth-order valence-corrected chi connectivity index (χ4v) is 2.20. The Morgan fingerprint density at radius 2 is 2.12 bits per heavy atom. The lowest BCUT2D eigenvalue weighted by molar-refractivity contribution is -0.0336. The Kier molecular flexibility index (Phi) is 3.21. The molecule has 0 aromatic heterocycles. The Morgan fingerprint density at radius 1 is 1.31 bits per heavy atom. The molecular formula is C12H15F2NO. The number of hydrogen-bond donors (Lipinski definition) is 1. The molecule has 1 aliphatic heterocycles. The third-order valence-corrected chi connectivity index (χ3v) is 3.18. The summed E-state index contributed by atoms with van der Waals surface area (Å²) in [4.78, 5) is 0. The number of ether oxygens (including phenoxy) is 1. The molecule has 2 rings (SSSR count). The van der Waals surface area contributed by atoms with Crippen LogP contribution in [0.4, 0.5) is 8.78 Å². The lowest BCUT2D eigenvalue weighted by Gasteiger charge is -2.36. The molecule has 4 heteroatoms. The topological polar surface area (TPSA) is 21.3 Å². The fourth-order valence-electron chi connectivity index (χ4n) is 2.20. The summed E-state index contributed by atoms with van der Waals surface area (Å²) in [5, 5.41) is 3.22. The molecule has 1 unspecified atom stereocenters. The summed E-state index contributed by atoms with van der Waals surface area (Å²) >= 11 is 0. The number of halogens is 2. The van der Waals surface area contributed by atoms with Gasteiger partial charge < -0.3 is 10.1 Å². The summed E-state index contributed by atoms with van der Waals surface area (Å²) in [5.74, 6) is -1.64. The van der Waals surface area contributed by atoms with E-state index in [4.69, 9.17) is 4.74 Å². The summed E-state index contributed by atoms with van der Waals surface area (Å²) < 4.78 is 31.6. The van der Waals surface area contributed by atoms with Crippen LogP contribution in [0.25, 0.3) is 0 Å². The predicted octanol–water partition coefficient (Wildman–Crippen LogP) is 2.19. The van der Waals surface area contributed by atoms with E-state index in [9.17, 15) is 8.78 Å². The maximum atomic E-state index is 13.2. The zero-order valence-electron chi connectivity index (χ0n) is 9.22. The molecule has 0 radical (unpaired) electrons. The minimum atomic E-state index is -0.821. The number of rotatable bonds is 2. The highest BCUT2D eigenvalue weighted by Crippen LogP contribution is 2.32. The summed E-state index contributed by atoms with van der Waals surface area (Å²) in [7, 11) is 1.61. The van der Waals surface area contributed by atoms with Crippen LogP contribution in [0.15, 0.2) is 18.2 Å². The first-order valence-corrected chi connectivity index (χ1v) is 5.39. The fraction of sp³-hybridized carbons (Fsp3) is 0.500. The van der Waals surface area contributed by atoms with Crippen LogP contribution in [0.3, 0.4) is 0 Å². The Hall–Kier alpha value is -1.00. The van der Waals surface area contributed by atoms with Gasteiger partial charge in [-0.3, -0.25) is 0 Å². The lowest BCUT2D eigenvalue weighted by atomic mass is 9.86. The second-order valence-corrected chi connectivity index (χ2v) is 4.11. The zero-order chi connectivity index (χ0) is 11.6. The van der Waals surface area contributed by atoms with Crippen LogP contribution in [0, 0.1) is 11.6 Å². The quantitative estimate of drug-likeness (QED) is 0.836. The van der Waals surface area contributed by atoms with E-state index in [-0.39, 0.29) is 0 Å². The first-order chi connectivity index (χ1) is 7.68. The van der Waals surface area contributed by atoms with E-state index in [1.54, 1.807) is 13.2 Å². The van der Waals surface area contributed by atoms with Crippen LogP contribution in [0.1, 0.15) is 18.4 Å². The molecule has 88 valence electrons. The molecule has 0 saturated carbocycles. The third-order valence-electron chi connectivity index (χ3n) is 3.18. The Balaban J connectivity index is 2.35. The van der Waals surface area contributed by atoms with Gasteiger partial charge in [0.25, 0.3) is 0 Å². The van der Waals surface area contributed by atoms with Crippen molar-refractivity contribution in [2.24, 2.45) is 0 Å². The molecule has 2 nitrogen and oxygen atoms in total. The van der Waals surface area contributed by atoms with Crippen molar-refractivity contribution >= 4 is 0 Å². The third kappa shape index (κ3) is 1.95. The second kappa shape index (κ2) is 4.47. The SMILES string of the molecule is COC1(c2ccc(F)c(F)c2)CCCNC1. The van der Waals surface area contributed by atoms with E-state index in [2.05, 4.69) is 5.32 Å². The molecule has 16 heavy (non-hydrogen) atoms. The molecule has 1 N–H and O–H groups in total. The van der Waals surface area contributed by atoms with E-state index in [0.717, 1.165) is 25.5 Å². The van der Waals surface area contributed by atoms with E-state index < -0.39 is 17.2 Å². The van der Waals surface area contributed by atoms with Crippen molar-refractivity contribution < 1.29 is 13.5 Å². The number of piperidine rings is 1. The van der Waals surface area contributed by atoms with Gasteiger partial charge in [-0.2, -0.15) is 0 Å². The van der Waals surface area contributed by atoms with Gasteiger partial charge in [0.15, 0.2) is 11.6 Å². The maximum Gasteiger partial charge on any atom is 0.159 e.